The minimum absolute atomic E-state index is 0.285. The van der Waals surface area contributed by atoms with Gasteiger partial charge < -0.3 is 10.1 Å². The van der Waals surface area contributed by atoms with Crippen molar-refractivity contribution in [1.82, 2.24) is 0 Å². The normalized spacial score (nSPS) is 15.1. The molecular formula is C21H25NO2. The number of nitrogens with one attached hydrogen (secondary N) is 1. The summed E-state index contributed by atoms with van der Waals surface area (Å²) in [6, 6.07) is 14.6. The number of benzene rings is 2. The van der Waals surface area contributed by atoms with E-state index in [2.05, 4.69) is 24.4 Å². The third-order valence-electron chi connectivity index (χ3n) is 4.72. The highest BCUT2D eigenvalue weighted by Crippen LogP contribution is 2.33. The summed E-state index contributed by atoms with van der Waals surface area (Å²) in [6.07, 6.45) is 6.14. The number of esters is 1. The molecule has 2 aromatic rings. The molecule has 1 fully saturated rings. The second kappa shape index (κ2) is 7.52. The quantitative estimate of drug-likeness (QED) is 0.787. The fourth-order valence-electron chi connectivity index (χ4n) is 3.53. The Labute approximate surface area is 144 Å². The van der Waals surface area contributed by atoms with Crippen molar-refractivity contribution in [1.29, 1.82) is 0 Å². The van der Waals surface area contributed by atoms with Crippen molar-refractivity contribution >= 4 is 11.7 Å². The molecule has 1 saturated carbocycles. The van der Waals surface area contributed by atoms with Crippen molar-refractivity contribution in [2.45, 2.75) is 45.1 Å². The number of anilines is 1. The summed E-state index contributed by atoms with van der Waals surface area (Å²) in [5, 5.41) is 3.61. The number of carbonyl (C=O) groups excluding carboxylic acids is 1. The molecule has 24 heavy (non-hydrogen) atoms. The molecule has 2 aromatic carbocycles. The Morgan fingerprint density at radius 2 is 1.79 bits per heavy atom. The number of rotatable bonds is 4. The van der Waals surface area contributed by atoms with Crippen molar-refractivity contribution in [3.63, 3.8) is 0 Å². The molecule has 0 aliphatic heterocycles. The molecule has 0 saturated heterocycles. The largest absolute Gasteiger partial charge is 0.465 e. The van der Waals surface area contributed by atoms with Crippen LogP contribution in [0.3, 0.4) is 0 Å². The van der Waals surface area contributed by atoms with Crippen LogP contribution in [0.15, 0.2) is 42.5 Å². The maximum absolute atomic E-state index is 12.5. The Kier molecular flexibility index (Phi) is 5.19. The van der Waals surface area contributed by atoms with Crippen LogP contribution in [-0.2, 0) is 4.74 Å². The van der Waals surface area contributed by atoms with E-state index in [9.17, 15) is 4.79 Å². The summed E-state index contributed by atoms with van der Waals surface area (Å²) >= 11 is 0. The van der Waals surface area contributed by atoms with Crippen molar-refractivity contribution in [2.75, 3.05) is 12.4 Å². The highest BCUT2D eigenvalue weighted by molar-refractivity contribution is 6.03. The number of aryl methyl sites for hydroxylation is 1. The average Bonchev–Trinajstić information content (AvgIpc) is 2.62. The number of methoxy groups -OCH3 is 1. The third kappa shape index (κ3) is 3.61. The predicted molar refractivity (Wildman–Crippen MR) is 98.5 cm³/mol. The van der Waals surface area contributed by atoms with Crippen LogP contribution in [0, 0.1) is 6.92 Å². The zero-order valence-electron chi connectivity index (χ0n) is 14.5. The van der Waals surface area contributed by atoms with E-state index >= 15 is 0 Å². The summed E-state index contributed by atoms with van der Waals surface area (Å²) in [4.78, 5) is 12.5. The number of carbonyl (C=O) groups is 1. The fourth-order valence-corrected chi connectivity index (χ4v) is 3.53. The van der Waals surface area contributed by atoms with Gasteiger partial charge in [-0.15, -0.1) is 0 Å². The van der Waals surface area contributed by atoms with E-state index in [0.717, 1.165) is 35.2 Å². The lowest BCUT2D eigenvalue weighted by Gasteiger charge is -2.26. The first kappa shape index (κ1) is 16.6. The molecular weight excluding hydrogens is 298 g/mol. The zero-order valence-corrected chi connectivity index (χ0v) is 14.5. The van der Waals surface area contributed by atoms with Gasteiger partial charge in [-0.3, -0.25) is 0 Å². The topological polar surface area (TPSA) is 38.3 Å². The molecule has 0 spiro atoms. The minimum Gasteiger partial charge on any atom is -0.465 e. The van der Waals surface area contributed by atoms with E-state index in [-0.39, 0.29) is 5.97 Å². The molecule has 0 atom stereocenters. The first-order chi connectivity index (χ1) is 11.7. The lowest BCUT2D eigenvalue weighted by molar-refractivity contribution is 0.0602. The lowest BCUT2D eigenvalue weighted by Crippen LogP contribution is -2.24. The maximum atomic E-state index is 12.5. The fraction of sp³-hybridized carbons (Fsp3) is 0.381. The molecule has 3 nitrogen and oxygen atoms in total. The molecule has 1 aliphatic carbocycles. The molecule has 0 amide bonds. The van der Waals surface area contributed by atoms with Gasteiger partial charge in [0, 0.05) is 11.7 Å². The summed E-state index contributed by atoms with van der Waals surface area (Å²) in [6.45, 7) is 2.07. The van der Waals surface area contributed by atoms with Gasteiger partial charge in [0.05, 0.1) is 12.7 Å². The Hall–Kier alpha value is -2.29. The smallest absolute Gasteiger partial charge is 0.340 e. The summed E-state index contributed by atoms with van der Waals surface area (Å²) in [5.74, 6) is -0.285. The standard InChI is InChI=1S/C21H25NO2/c1-15-13-18(16-9-5-3-6-10-16)20(21(23)24-2)19(14-15)22-17-11-7-4-8-12-17/h3,5-6,9-10,13-14,17,22H,4,7-8,11-12H2,1-2H3. The van der Waals surface area contributed by atoms with Gasteiger partial charge in [0.2, 0.25) is 0 Å². The summed E-state index contributed by atoms with van der Waals surface area (Å²) in [5.41, 5.74) is 4.64. The molecule has 1 N–H and O–H groups in total. The first-order valence-corrected chi connectivity index (χ1v) is 8.74. The summed E-state index contributed by atoms with van der Waals surface area (Å²) < 4.78 is 5.09. The Balaban J connectivity index is 2.06. The van der Waals surface area contributed by atoms with Gasteiger partial charge in [-0.25, -0.2) is 4.79 Å². The maximum Gasteiger partial charge on any atom is 0.340 e. The van der Waals surface area contributed by atoms with E-state index in [1.165, 1.54) is 26.4 Å². The minimum atomic E-state index is -0.285. The van der Waals surface area contributed by atoms with Crippen LogP contribution in [0.4, 0.5) is 5.69 Å². The average molecular weight is 323 g/mol. The van der Waals surface area contributed by atoms with Crippen LogP contribution in [0.1, 0.15) is 48.0 Å². The summed E-state index contributed by atoms with van der Waals surface area (Å²) in [7, 11) is 1.45. The monoisotopic (exact) mass is 323 g/mol. The molecule has 1 aliphatic rings. The molecule has 0 bridgehead atoms. The van der Waals surface area contributed by atoms with Gasteiger partial charge >= 0.3 is 5.97 Å². The molecule has 3 heteroatoms. The number of ether oxygens (including phenoxy) is 1. The van der Waals surface area contributed by atoms with Crippen LogP contribution in [0.2, 0.25) is 0 Å². The van der Waals surface area contributed by atoms with Crippen molar-refractivity contribution < 1.29 is 9.53 Å². The number of hydrogen-bond acceptors (Lipinski definition) is 3. The Bertz CT molecular complexity index is 703. The number of hydrogen-bond donors (Lipinski definition) is 1. The molecule has 3 rings (SSSR count). The van der Waals surface area contributed by atoms with E-state index < -0.39 is 0 Å². The van der Waals surface area contributed by atoms with Crippen LogP contribution >= 0.6 is 0 Å². The molecule has 126 valence electrons. The van der Waals surface area contributed by atoms with Gasteiger partial charge in [-0.1, -0.05) is 55.7 Å². The Morgan fingerprint density at radius 3 is 2.46 bits per heavy atom. The van der Waals surface area contributed by atoms with Gasteiger partial charge in [0.15, 0.2) is 0 Å². The first-order valence-electron chi connectivity index (χ1n) is 8.74. The van der Waals surface area contributed by atoms with E-state index in [1.54, 1.807) is 0 Å². The van der Waals surface area contributed by atoms with Gasteiger partial charge in [-0.05, 0) is 42.5 Å². The van der Waals surface area contributed by atoms with E-state index in [4.69, 9.17) is 4.74 Å². The van der Waals surface area contributed by atoms with Gasteiger partial charge in [-0.2, -0.15) is 0 Å². The zero-order chi connectivity index (χ0) is 16.9. The van der Waals surface area contributed by atoms with E-state index in [1.807, 2.05) is 30.3 Å². The van der Waals surface area contributed by atoms with Crippen molar-refractivity contribution in [2.24, 2.45) is 0 Å². The third-order valence-corrected chi connectivity index (χ3v) is 4.72. The molecule has 0 aromatic heterocycles. The van der Waals surface area contributed by atoms with E-state index in [0.29, 0.717) is 11.6 Å². The molecule has 0 heterocycles. The second-order valence-corrected chi connectivity index (χ2v) is 6.57. The van der Waals surface area contributed by atoms with Crippen molar-refractivity contribution in [3.05, 3.63) is 53.6 Å². The highest BCUT2D eigenvalue weighted by Gasteiger charge is 2.22. The van der Waals surface area contributed by atoms with Gasteiger partial charge in [0.25, 0.3) is 0 Å². The molecule has 0 unspecified atom stereocenters. The van der Waals surface area contributed by atoms with Crippen LogP contribution < -0.4 is 5.32 Å². The van der Waals surface area contributed by atoms with Crippen LogP contribution in [-0.4, -0.2) is 19.1 Å². The predicted octanol–water partition coefficient (Wildman–Crippen LogP) is 5.19. The SMILES string of the molecule is COC(=O)c1c(NC2CCCCC2)cc(C)cc1-c1ccccc1. The lowest BCUT2D eigenvalue weighted by atomic mass is 9.92. The van der Waals surface area contributed by atoms with Crippen LogP contribution in [0.5, 0.6) is 0 Å². The highest BCUT2D eigenvalue weighted by atomic mass is 16.5. The second-order valence-electron chi connectivity index (χ2n) is 6.57. The molecule has 0 radical (unpaired) electrons. The van der Waals surface area contributed by atoms with Crippen molar-refractivity contribution in [3.8, 4) is 11.1 Å². The Morgan fingerprint density at radius 1 is 1.08 bits per heavy atom. The van der Waals surface area contributed by atoms with Crippen LogP contribution in [0.25, 0.3) is 11.1 Å². The van der Waals surface area contributed by atoms with Gasteiger partial charge in [0.1, 0.15) is 0 Å².